The summed E-state index contributed by atoms with van der Waals surface area (Å²) in [4.78, 5) is 13.1. The van der Waals surface area contributed by atoms with Crippen molar-refractivity contribution < 1.29 is 4.79 Å². The predicted octanol–water partition coefficient (Wildman–Crippen LogP) is 13.3. The molecule has 0 N–H and O–H groups in total. The lowest BCUT2D eigenvalue weighted by molar-refractivity contribution is 0.108. The van der Waals surface area contributed by atoms with Crippen molar-refractivity contribution in [2.45, 2.75) is 0 Å². The smallest absolute Gasteiger partial charge is 0.252 e. The zero-order valence-electron chi connectivity index (χ0n) is 26.5. The van der Waals surface area contributed by atoms with Crippen LogP contribution in [0.3, 0.4) is 0 Å². The monoisotopic (exact) mass is 644 g/mol. The van der Waals surface area contributed by atoms with Crippen molar-refractivity contribution in [2.24, 2.45) is 0 Å². The van der Waals surface area contributed by atoms with Crippen LogP contribution in [-0.2, 0) is 0 Å². The van der Waals surface area contributed by atoms with Gasteiger partial charge in [-0.3, -0.25) is 4.79 Å². The average Bonchev–Trinajstić information content (AvgIpc) is 3.16. The van der Waals surface area contributed by atoms with E-state index in [2.05, 4.69) is 164 Å². The Bertz CT molecular complexity index is 2430. The van der Waals surface area contributed by atoms with Gasteiger partial charge in [-0.25, -0.2) is 0 Å². The number of benzene rings is 9. The minimum atomic E-state index is -0.480. The van der Waals surface area contributed by atoms with Gasteiger partial charge in [-0.05, 0) is 117 Å². The van der Waals surface area contributed by atoms with Crippen LogP contribution in [0, 0.1) is 0 Å². The number of halogens is 1. The molecular formula is C47H29ClO. The highest BCUT2D eigenvalue weighted by Crippen LogP contribution is 2.47. The first kappa shape index (κ1) is 29.1. The molecule has 2 heteroatoms. The van der Waals surface area contributed by atoms with Crippen LogP contribution < -0.4 is 0 Å². The van der Waals surface area contributed by atoms with Crippen LogP contribution in [0.4, 0.5) is 0 Å². The normalized spacial score (nSPS) is 11.4. The quantitative estimate of drug-likeness (QED) is 0.135. The van der Waals surface area contributed by atoms with Gasteiger partial charge < -0.3 is 0 Å². The van der Waals surface area contributed by atoms with E-state index in [9.17, 15) is 4.79 Å². The second-order valence-electron chi connectivity index (χ2n) is 12.5. The fourth-order valence-electron chi connectivity index (χ4n) is 7.74. The zero-order chi connectivity index (χ0) is 32.9. The molecule has 230 valence electrons. The first-order valence-electron chi connectivity index (χ1n) is 16.5. The van der Waals surface area contributed by atoms with E-state index in [1.165, 1.54) is 22.3 Å². The van der Waals surface area contributed by atoms with Gasteiger partial charge in [0.25, 0.3) is 5.24 Å². The topological polar surface area (TPSA) is 17.1 Å². The summed E-state index contributed by atoms with van der Waals surface area (Å²) in [7, 11) is 0. The van der Waals surface area contributed by atoms with Gasteiger partial charge in [0, 0.05) is 5.56 Å². The van der Waals surface area contributed by atoms with Crippen LogP contribution in [0.25, 0.3) is 87.6 Å². The van der Waals surface area contributed by atoms with E-state index in [0.717, 1.165) is 65.3 Å². The molecule has 0 aliphatic heterocycles. The molecule has 0 amide bonds. The summed E-state index contributed by atoms with van der Waals surface area (Å²) in [5.74, 6) is 0. The highest BCUT2D eigenvalue weighted by molar-refractivity contribution is 6.67. The van der Waals surface area contributed by atoms with Gasteiger partial charge in [-0.1, -0.05) is 158 Å². The van der Waals surface area contributed by atoms with Crippen molar-refractivity contribution in [2.75, 3.05) is 0 Å². The van der Waals surface area contributed by atoms with E-state index < -0.39 is 5.24 Å². The molecule has 9 aromatic carbocycles. The largest absolute Gasteiger partial charge is 0.276 e. The molecule has 0 aromatic heterocycles. The first-order valence-corrected chi connectivity index (χ1v) is 16.9. The van der Waals surface area contributed by atoms with E-state index in [-0.39, 0.29) is 0 Å². The summed E-state index contributed by atoms with van der Waals surface area (Å²) in [6.45, 7) is 0. The Kier molecular flexibility index (Phi) is 7.08. The summed E-state index contributed by atoms with van der Waals surface area (Å²) in [5, 5.41) is 8.66. The minimum absolute atomic E-state index is 0.467. The maximum absolute atomic E-state index is 13.1. The Morgan fingerprint density at radius 3 is 0.816 bits per heavy atom. The molecule has 0 unspecified atom stereocenters. The zero-order valence-corrected chi connectivity index (χ0v) is 27.3. The summed E-state index contributed by atoms with van der Waals surface area (Å²) < 4.78 is 0. The number of hydrogen-bond acceptors (Lipinski definition) is 1. The van der Waals surface area contributed by atoms with Crippen LogP contribution in [0.1, 0.15) is 10.4 Å². The van der Waals surface area contributed by atoms with Gasteiger partial charge in [0.15, 0.2) is 0 Å². The lowest BCUT2D eigenvalue weighted by atomic mass is 9.83. The third-order valence-electron chi connectivity index (χ3n) is 9.73. The molecule has 0 fully saturated rings. The molecule has 0 aliphatic rings. The van der Waals surface area contributed by atoms with E-state index in [0.29, 0.717) is 5.56 Å². The molecular weight excluding hydrogens is 616 g/mol. The van der Waals surface area contributed by atoms with Crippen LogP contribution in [-0.4, -0.2) is 5.24 Å². The van der Waals surface area contributed by atoms with Gasteiger partial charge in [0.05, 0.1) is 0 Å². The molecule has 49 heavy (non-hydrogen) atoms. The molecule has 0 atom stereocenters. The Morgan fingerprint density at radius 2 is 0.551 bits per heavy atom. The van der Waals surface area contributed by atoms with Crippen LogP contribution in [0.5, 0.6) is 0 Å². The molecule has 9 rings (SSSR count). The first-order chi connectivity index (χ1) is 24.2. The van der Waals surface area contributed by atoms with Crippen LogP contribution in [0.2, 0.25) is 0 Å². The highest BCUT2D eigenvalue weighted by Gasteiger charge is 2.21. The molecule has 0 saturated carbocycles. The van der Waals surface area contributed by atoms with Crippen LogP contribution >= 0.6 is 11.6 Å². The van der Waals surface area contributed by atoms with E-state index in [1.807, 2.05) is 12.1 Å². The van der Waals surface area contributed by atoms with Crippen molar-refractivity contribution in [3.63, 3.8) is 0 Å². The SMILES string of the molecule is O=C(Cl)c1cc(-c2c3ccccc3c(-c3ccccc3)c3ccccc23)cc(-c2c3ccccc3c(-c3ccccc3)c3ccccc23)c1. The maximum atomic E-state index is 13.1. The summed E-state index contributed by atoms with van der Waals surface area (Å²) in [6, 6.07) is 61.7. The Labute approximate surface area is 289 Å². The van der Waals surface area contributed by atoms with Gasteiger partial charge in [0.2, 0.25) is 0 Å². The van der Waals surface area contributed by atoms with E-state index in [4.69, 9.17) is 11.6 Å². The molecule has 0 bridgehead atoms. The minimum Gasteiger partial charge on any atom is -0.276 e. The Morgan fingerprint density at radius 1 is 0.306 bits per heavy atom. The number of hydrogen-bond donors (Lipinski definition) is 0. The Hall–Kier alpha value is -6.02. The maximum Gasteiger partial charge on any atom is 0.252 e. The number of fused-ring (bicyclic) bond motifs is 4. The second-order valence-corrected chi connectivity index (χ2v) is 12.8. The van der Waals surface area contributed by atoms with Gasteiger partial charge >= 0.3 is 0 Å². The molecule has 0 spiro atoms. The standard InChI is InChI=1S/C47H29ClO/c48-47(49)34-28-32(45-39-23-11-7-19-35(39)43(30-15-3-1-4-16-30)36-20-8-12-24-40(36)45)27-33(29-34)46-41-25-13-9-21-37(41)44(31-17-5-2-6-18-31)38-22-10-14-26-42(38)46/h1-29H. The summed E-state index contributed by atoms with van der Waals surface area (Å²) in [5.41, 5.74) is 9.29. The number of rotatable bonds is 5. The molecule has 0 heterocycles. The summed E-state index contributed by atoms with van der Waals surface area (Å²) in [6.07, 6.45) is 0. The molecule has 0 aliphatic carbocycles. The van der Waals surface area contributed by atoms with Crippen molar-refractivity contribution in [1.29, 1.82) is 0 Å². The van der Waals surface area contributed by atoms with Crippen molar-refractivity contribution in [1.82, 2.24) is 0 Å². The fourth-order valence-corrected chi connectivity index (χ4v) is 7.85. The van der Waals surface area contributed by atoms with Gasteiger partial charge in [0.1, 0.15) is 0 Å². The lowest BCUT2D eigenvalue weighted by Crippen LogP contribution is -1.96. The average molecular weight is 645 g/mol. The highest BCUT2D eigenvalue weighted by atomic mass is 35.5. The van der Waals surface area contributed by atoms with Crippen LogP contribution in [0.15, 0.2) is 176 Å². The third kappa shape index (κ3) is 4.82. The van der Waals surface area contributed by atoms with Crippen molar-refractivity contribution in [3.8, 4) is 44.5 Å². The summed E-state index contributed by atoms with van der Waals surface area (Å²) >= 11 is 6.37. The molecule has 0 saturated heterocycles. The molecule has 9 aromatic rings. The third-order valence-corrected chi connectivity index (χ3v) is 9.94. The number of carbonyl (C=O) groups is 1. The second kappa shape index (κ2) is 11.9. The van der Waals surface area contributed by atoms with E-state index in [1.54, 1.807) is 0 Å². The van der Waals surface area contributed by atoms with Crippen molar-refractivity contribution in [3.05, 3.63) is 181 Å². The number of carbonyl (C=O) groups excluding carboxylic acids is 1. The van der Waals surface area contributed by atoms with Gasteiger partial charge in [-0.15, -0.1) is 0 Å². The molecule has 1 nitrogen and oxygen atoms in total. The van der Waals surface area contributed by atoms with Gasteiger partial charge in [-0.2, -0.15) is 0 Å². The fraction of sp³-hybridized carbons (Fsp3) is 0. The lowest BCUT2D eigenvalue weighted by Gasteiger charge is -2.20. The van der Waals surface area contributed by atoms with E-state index >= 15 is 0 Å². The Balaban J connectivity index is 1.40. The molecule has 0 radical (unpaired) electrons. The van der Waals surface area contributed by atoms with Crippen molar-refractivity contribution >= 4 is 59.9 Å². The predicted molar refractivity (Wildman–Crippen MR) is 208 cm³/mol.